The van der Waals surface area contributed by atoms with Crippen LogP contribution in [0.3, 0.4) is 0 Å². The molecule has 0 bridgehead atoms. The van der Waals surface area contributed by atoms with Crippen molar-refractivity contribution in [2.45, 2.75) is 52.5 Å². The van der Waals surface area contributed by atoms with Gasteiger partial charge in [-0.05, 0) is 43.2 Å². The summed E-state index contributed by atoms with van der Waals surface area (Å²) in [6, 6.07) is 6.69. The summed E-state index contributed by atoms with van der Waals surface area (Å²) in [6.45, 7) is 9.01. The van der Waals surface area contributed by atoms with Crippen molar-refractivity contribution in [3.05, 3.63) is 34.9 Å². The number of rotatable bonds is 1. The van der Waals surface area contributed by atoms with Crippen LogP contribution in [0.1, 0.15) is 49.8 Å². The number of aryl methyl sites for hydroxylation is 2. The average molecular weight is 231 g/mol. The summed E-state index contributed by atoms with van der Waals surface area (Å²) in [4.78, 5) is 0. The van der Waals surface area contributed by atoms with Gasteiger partial charge in [-0.3, -0.25) is 0 Å². The molecule has 1 aliphatic rings. The van der Waals surface area contributed by atoms with Gasteiger partial charge in [0.1, 0.15) is 0 Å². The van der Waals surface area contributed by atoms with E-state index in [2.05, 4.69) is 45.9 Å². The van der Waals surface area contributed by atoms with Crippen LogP contribution in [0.15, 0.2) is 18.2 Å². The first-order valence-corrected chi connectivity index (χ1v) is 6.82. The lowest BCUT2D eigenvalue weighted by Crippen LogP contribution is -2.48. The van der Waals surface area contributed by atoms with Gasteiger partial charge in [0.15, 0.2) is 0 Å². The molecular weight excluding hydrogens is 206 g/mol. The summed E-state index contributed by atoms with van der Waals surface area (Å²) in [5.74, 6) is 1.30. The summed E-state index contributed by atoms with van der Waals surface area (Å²) >= 11 is 0. The van der Waals surface area contributed by atoms with Gasteiger partial charge in [-0.25, -0.2) is 0 Å². The van der Waals surface area contributed by atoms with Gasteiger partial charge in [0.2, 0.25) is 0 Å². The highest BCUT2D eigenvalue weighted by atomic mass is 14.8. The van der Waals surface area contributed by atoms with Crippen LogP contribution < -0.4 is 5.73 Å². The lowest BCUT2D eigenvalue weighted by molar-refractivity contribution is 0.143. The summed E-state index contributed by atoms with van der Waals surface area (Å²) < 4.78 is 0. The van der Waals surface area contributed by atoms with Gasteiger partial charge in [-0.15, -0.1) is 0 Å². The van der Waals surface area contributed by atoms with E-state index in [1.54, 1.807) is 0 Å². The highest BCUT2D eigenvalue weighted by Gasteiger charge is 2.40. The number of benzene rings is 1. The maximum atomic E-state index is 6.78. The largest absolute Gasteiger partial charge is 0.321 e. The third kappa shape index (κ3) is 2.13. The number of hydrogen-bond donors (Lipinski definition) is 1. The van der Waals surface area contributed by atoms with Crippen molar-refractivity contribution in [2.24, 2.45) is 17.6 Å². The molecule has 0 radical (unpaired) electrons. The molecule has 3 unspecified atom stereocenters. The second kappa shape index (κ2) is 4.45. The first kappa shape index (κ1) is 12.6. The minimum Gasteiger partial charge on any atom is -0.321 e. The van der Waals surface area contributed by atoms with Gasteiger partial charge in [0, 0.05) is 5.54 Å². The molecule has 2 rings (SSSR count). The van der Waals surface area contributed by atoms with Gasteiger partial charge in [-0.1, -0.05) is 50.5 Å². The van der Waals surface area contributed by atoms with Gasteiger partial charge in [0.25, 0.3) is 0 Å². The zero-order valence-electron chi connectivity index (χ0n) is 11.6. The maximum absolute atomic E-state index is 6.78. The molecule has 1 saturated carbocycles. The minimum absolute atomic E-state index is 0.117. The quantitative estimate of drug-likeness (QED) is 0.779. The molecule has 2 N–H and O–H groups in total. The first-order chi connectivity index (χ1) is 7.95. The Labute approximate surface area is 105 Å². The van der Waals surface area contributed by atoms with Gasteiger partial charge in [0.05, 0.1) is 0 Å². The van der Waals surface area contributed by atoms with Crippen LogP contribution in [0.4, 0.5) is 0 Å². The molecule has 1 aromatic carbocycles. The van der Waals surface area contributed by atoms with Gasteiger partial charge < -0.3 is 5.73 Å². The second-order valence-corrected chi connectivity index (χ2v) is 6.02. The van der Waals surface area contributed by atoms with E-state index in [1.807, 2.05) is 0 Å². The molecule has 0 aliphatic heterocycles. The van der Waals surface area contributed by atoms with E-state index >= 15 is 0 Å². The van der Waals surface area contributed by atoms with Crippen LogP contribution in [0, 0.1) is 25.7 Å². The normalized spacial score (nSPS) is 33.7. The lowest BCUT2D eigenvalue weighted by Gasteiger charge is -2.44. The summed E-state index contributed by atoms with van der Waals surface area (Å²) in [7, 11) is 0. The van der Waals surface area contributed by atoms with Crippen LogP contribution in [-0.2, 0) is 5.54 Å². The Balaban J connectivity index is 2.46. The molecule has 1 aliphatic carbocycles. The highest BCUT2D eigenvalue weighted by molar-refractivity contribution is 5.37. The van der Waals surface area contributed by atoms with E-state index in [1.165, 1.54) is 29.5 Å². The van der Waals surface area contributed by atoms with E-state index in [9.17, 15) is 0 Å². The molecule has 3 atom stereocenters. The topological polar surface area (TPSA) is 26.0 Å². The molecule has 1 aromatic rings. The smallest absolute Gasteiger partial charge is 0.0440 e. The predicted molar refractivity (Wildman–Crippen MR) is 74.0 cm³/mol. The Hall–Kier alpha value is -0.820. The van der Waals surface area contributed by atoms with Crippen LogP contribution in [0.5, 0.6) is 0 Å². The monoisotopic (exact) mass is 231 g/mol. The van der Waals surface area contributed by atoms with Crippen molar-refractivity contribution in [1.82, 2.24) is 0 Å². The van der Waals surface area contributed by atoms with Crippen LogP contribution in [-0.4, -0.2) is 0 Å². The molecule has 0 saturated heterocycles. The Morgan fingerprint density at radius 2 is 1.94 bits per heavy atom. The molecule has 0 heterocycles. The fourth-order valence-corrected chi connectivity index (χ4v) is 3.32. The third-order valence-corrected chi connectivity index (χ3v) is 4.81. The third-order valence-electron chi connectivity index (χ3n) is 4.81. The maximum Gasteiger partial charge on any atom is 0.0440 e. The van der Waals surface area contributed by atoms with Crippen LogP contribution in [0.25, 0.3) is 0 Å². The molecular formula is C16H25N. The first-order valence-electron chi connectivity index (χ1n) is 6.82. The Morgan fingerprint density at radius 3 is 2.65 bits per heavy atom. The summed E-state index contributed by atoms with van der Waals surface area (Å²) in [5, 5.41) is 0. The Kier molecular flexibility index (Phi) is 3.31. The molecule has 0 aromatic heterocycles. The van der Waals surface area contributed by atoms with E-state index in [-0.39, 0.29) is 5.54 Å². The van der Waals surface area contributed by atoms with E-state index < -0.39 is 0 Å². The zero-order chi connectivity index (χ0) is 12.6. The predicted octanol–water partition coefficient (Wildman–Crippen LogP) is 3.91. The van der Waals surface area contributed by atoms with E-state index in [4.69, 9.17) is 5.73 Å². The molecule has 1 nitrogen and oxygen atoms in total. The second-order valence-electron chi connectivity index (χ2n) is 6.02. The van der Waals surface area contributed by atoms with Gasteiger partial charge >= 0.3 is 0 Å². The van der Waals surface area contributed by atoms with Crippen LogP contribution >= 0.6 is 0 Å². The Morgan fingerprint density at radius 1 is 1.24 bits per heavy atom. The zero-order valence-corrected chi connectivity index (χ0v) is 11.6. The van der Waals surface area contributed by atoms with Gasteiger partial charge in [-0.2, -0.15) is 0 Å². The standard InChI is InChI=1S/C16H25N/c1-11-7-8-13(3)15(10-11)16(17)9-5-6-12(2)14(16)4/h7-8,10,12,14H,5-6,9,17H2,1-4H3. The lowest BCUT2D eigenvalue weighted by atomic mass is 9.65. The van der Waals surface area contributed by atoms with Crippen molar-refractivity contribution in [3.63, 3.8) is 0 Å². The molecule has 0 spiro atoms. The van der Waals surface area contributed by atoms with Crippen molar-refractivity contribution < 1.29 is 0 Å². The Bertz CT molecular complexity index is 410. The van der Waals surface area contributed by atoms with Crippen molar-refractivity contribution in [3.8, 4) is 0 Å². The van der Waals surface area contributed by atoms with Crippen LogP contribution in [0.2, 0.25) is 0 Å². The van der Waals surface area contributed by atoms with Crippen molar-refractivity contribution in [2.75, 3.05) is 0 Å². The number of hydrogen-bond acceptors (Lipinski definition) is 1. The highest BCUT2D eigenvalue weighted by Crippen LogP contribution is 2.43. The summed E-state index contributed by atoms with van der Waals surface area (Å²) in [5.41, 5.74) is 10.7. The fourth-order valence-electron chi connectivity index (χ4n) is 3.32. The SMILES string of the molecule is Cc1ccc(C)c(C2(N)CCCC(C)C2C)c1. The molecule has 94 valence electrons. The summed E-state index contributed by atoms with van der Waals surface area (Å²) in [6.07, 6.45) is 3.71. The van der Waals surface area contributed by atoms with Crippen molar-refractivity contribution in [1.29, 1.82) is 0 Å². The molecule has 1 heteroatoms. The average Bonchev–Trinajstić information content (AvgIpc) is 2.29. The number of nitrogens with two attached hydrogens (primary N) is 1. The van der Waals surface area contributed by atoms with E-state index in [0.29, 0.717) is 5.92 Å². The molecule has 1 fully saturated rings. The van der Waals surface area contributed by atoms with Crippen molar-refractivity contribution >= 4 is 0 Å². The fraction of sp³-hybridized carbons (Fsp3) is 0.625. The molecule has 0 amide bonds. The minimum atomic E-state index is -0.117. The molecule has 17 heavy (non-hydrogen) atoms. The van der Waals surface area contributed by atoms with E-state index in [0.717, 1.165) is 12.3 Å².